The number of amides is 4. The summed E-state index contributed by atoms with van der Waals surface area (Å²) in [5.74, 6) is -1.29. The summed E-state index contributed by atoms with van der Waals surface area (Å²) in [5, 5.41) is 2.02. The first-order chi connectivity index (χ1) is 11.4. The standard InChI is InChI=1S/C15H25N3O5S/c1-3-6-18-13(20)8-11(15(18)22)24-9-10(14(16)21)17-12(19)5-7-23-4-2/h10-11H,3-9H2,1-2H3,(H2,16,21)(H,17,19). The van der Waals surface area contributed by atoms with Crippen molar-refractivity contribution in [1.82, 2.24) is 10.2 Å². The molecule has 0 radical (unpaired) electrons. The van der Waals surface area contributed by atoms with Crippen LogP contribution in [0.2, 0.25) is 0 Å². The van der Waals surface area contributed by atoms with Crippen molar-refractivity contribution in [2.45, 2.75) is 44.4 Å². The molecule has 2 unspecified atom stereocenters. The van der Waals surface area contributed by atoms with E-state index in [9.17, 15) is 19.2 Å². The number of rotatable bonds is 11. The lowest BCUT2D eigenvalue weighted by molar-refractivity contribution is -0.138. The molecule has 1 fully saturated rings. The van der Waals surface area contributed by atoms with E-state index in [0.29, 0.717) is 19.6 Å². The van der Waals surface area contributed by atoms with Crippen LogP contribution in [0.5, 0.6) is 0 Å². The first-order valence-corrected chi connectivity index (χ1v) is 9.07. The van der Waals surface area contributed by atoms with Crippen LogP contribution in [0.25, 0.3) is 0 Å². The van der Waals surface area contributed by atoms with E-state index in [1.165, 1.54) is 16.7 Å². The normalized spacial score (nSPS) is 18.8. The van der Waals surface area contributed by atoms with Gasteiger partial charge in [0.2, 0.25) is 23.6 Å². The fraction of sp³-hybridized carbons (Fsp3) is 0.733. The lowest BCUT2D eigenvalue weighted by Crippen LogP contribution is -2.46. The predicted octanol–water partition coefficient (Wildman–Crippen LogP) is -0.346. The van der Waals surface area contributed by atoms with E-state index >= 15 is 0 Å². The van der Waals surface area contributed by atoms with E-state index in [2.05, 4.69) is 5.32 Å². The van der Waals surface area contributed by atoms with Gasteiger partial charge in [-0.25, -0.2) is 0 Å². The summed E-state index contributed by atoms with van der Waals surface area (Å²) < 4.78 is 5.08. The Morgan fingerprint density at radius 3 is 2.71 bits per heavy atom. The fourth-order valence-electron chi connectivity index (χ4n) is 2.22. The molecular weight excluding hydrogens is 334 g/mol. The molecule has 24 heavy (non-hydrogen) atoms. The Labute approximate surface area is 145 Å². The van der Waals surface area contributed by atoms with Gasteiger partial charge in [0.1, 0.15) is 6.04 Å². The zero-order valence-corrected chi connectivity index (χ0v) is 14.9. The van der Waals surface area contributed by atoms with Crippen molar-refractivity contribution in [2.75, 3.05) is 25.5 Å². The molecule has 2 atom stereocenters. The van der Waals surface area contributed by atoms with Crippen molar-refractivity contribution >= 4 is 35.4 Å². The number of carbonyl (C=O) groups is 4. The predicted molar refractivity (Wildman–Crippen MR) is 90.1 cm³/mol. The van der Waals surface area contributed by atoms with Crippen LogP contribution in [-0.2, 0) is 23.9 Å². The summed E-state index contributed by atoms with van der Waals surface area (Å²) >= 11 is 1.17. The Morgan fingerprint density at radius 2 is 2.12 bits per heavy atom. The van der Waals surface area contributed by atoms with E-state index in [1.807, 2.05) is 13.8 Å². The third-order valence-corrected chi connectivity index (χ3v) is 4.77. The van der Waals surface area contributed by atoms with Crippen molar-refractivity contribution in [3.8, 4) is 0 Å². The molecule has 136 valence electrons. The molecule has 1 aliphatic rings. The molecule has 0 spiro atoms. The number of hydrogen-bond donors (Lipinski definition) is 2. The second kappa shape index (κ2) is 10.3. The van der Waals surface area contributed by atoms with Crippen molar-refractivity contribution in [3.63, 3.8) is 0 Å². The SMILES string of the molecule is CCCN1C(=O)CC(SCC(NC(=O)CCOCC)C(N)=O)C1=O. The molecule has 0 aromatic rings. The minimum absolute atomic E-state index is 0.118. The maximum absolute atomic E-state index is 12.1. The summed E-state index contributed by atoms with van der Waals surface area (Å²) in [4.78, 5) is 48.4. The maximum Gasteiger partial charge on any atom is 0.242 e. The summed E-state index contributed by atoms with van der Waals surface area (Å²) in [6, 6.07) is -0.882. The van der Waals surface area contributed by atoms with Crippen molar-refractivity contribution in [1.29, 1.82) is 0 Å². The second-order valence-electron chi connectivity index (χ2n) is 5.38. The number of carbonyl (C=O) groups excluding carboxylic acids is 4. The number of likely N-dealkylation sites (tertiary alicyclic amines) is 1. The smallest absolute Gasteiger partial charge is 0.242 e. The second-order valence-corrected chi connectivity index (χ2v) is 6.61. The molecule has 1 saturated heterocycles. The molecule has 1 heterocycles. The highest BCUT2D eigenvalue weighted by Crippen LogP contribution is 2.25. The van der Waals surface area contributed by atoms with Gasteiger partial charge in [-0.15, -0.1) is 11.8 Å². The topological polar surface area (TPSA) is 119 Å². The third kappa shape index (κ3) is 6.12. The van der Waals surface area contributed by atoms with E-state index in [4.69, 9.17) is 10.5 Å². The Balaban J connectivity index is 2.49. The molecule has 9 heteroatoms. The molecule has 0 aromatic carbocycles. The Kier molecular flexibility index (Phi) is 8.77. The number of nitrogens with one attached hydrogen (secondary N) is 1. The number of ether oxygens (including phenoxy) is 1. The Morgan fingerprint density at radius 1 is 1.42 bits per heavy atom. The average molecular weight is 359 g/mol. The maximum atomic E-state index is 12.1. The Bertz CT molecular complexity index is 486. The molecule has 0 bridgehead atoms. The van der Waals surface area contributed by atoms with Gasteiger partial charge in [-0.05, 0) is 13.3 Å². The first kappa shape index (κ1) is 20.4. The van der Waals surface area contributed by atoms with Gasteiger partial charge in [0.15, 0.2) is 0 Å². The average Bonchev–Trinajstić information content (AvgIpc) is 2.79. The highest BCUT2D eigenvalue weighted by atomic mass is 32.2. The molecule has 1 aliphatic heterocycles. The molecule has 8 nitrogen and oxygen atoms in total. The van der Waals surface area contributed by atoms with Crippen LogP contribution in [0.3, 0.4) is 0 Å². The van der Waals surface area contributed by atoms with Gasteiger partial charge in [-0.1, -0.05) is 6.92 Å². The van der Waals surface area contributed by atoms with Gasteiger partial charge in [-0.3, -0.25) is 24.1 Å². The van der Waals surface area contributed by atoms with Gasteiger partial charge in [0, 0.05) is 31.7 Å². The van der Waals surface area contributed by atoms with Crippen molar-refractivity contribution < 1.29 is 23.9 Å². The van der Waals surface area contributed by atoms with Crippen LogP contribution in [0.15, 0.2) is 0 Å². The first-order valence-electron chi connectivity index (χ1n) is 8.02. The summed E-state index contributed by atoms with van der Waals surface area (Å²) in [6.07, 6.45) is 0.954. The van der Waals surface area contributed by atoms with E-state index in [1.54, 1.807) is 0 Å². The molecular formula is C15H25N3O5S. The lowest BCUT2D eigenvalue weighted by Gasteiger charge is -2.17. The van der Waals surface area contributed by atoms with Crippen LogP contribution in [0, 0.1) is 0 Å². The zero-order valence-electron chi connectivity index (χ0n) is 14.1. The number of nitrogens with two attached hydrogens (primary N) is 1. The minimum atomic E-state index is -0.882. The number of primary amides is 1. The number of imide groups is 1. The van der Waals surface area contributed by atoms with Gasteiger partial charge in [-0.2, -0.15) is 0 Å². The van der Waals surface area contributed by atoms with E-state index in [-0.39, 0.29) is 42.9 Å². The molecule has 0 aliphatic carbocycles. The monoisotopic (exact) mass is 359 g/mol. The fourth-order valence-corrected chi connectivity index (χ4v) is 3.43. The van der Waals surface area contributed by atoms with Gasteiger partial charge < -0.3 is 15.8 Å². The third-order valence-electron chi connectivity index (χ3n) is 3.47. The summed E-state index contributed by atoms with van der Waals surface area (Å²) in [6.45, 7) is 4.89. The molecule has 3 N–H and O–H groups in total. The van der Waals surface area contributed by atoms with Crippen LogP contribution in [0.1, 0.15) is 33.1 Å². The minimum Gasteiger partial charge on any atom is -0.381 e. The van der Waals surface area contributed by atoms with Crippen LogP contribution < -0.4 is 11.1 Å². The van der Waals surface area contributed by atoms with Gasteiger partial charge in [0.05, 0.1) is 11.9 Å². The van der Waals surface area contributed by atoms with Crippen molar-refractivity contribution in [3.05, 3.63) is 0 Å². The van der Waals surface area contributed by atoms with E-state index < -0.39 is 17.2 Å². The largest absolute Gasteiger partial charge is 0.381 e. The van der Waals surface area contributed by atoms with Crippen LogP contribution in [0.4, 0.5) is 0 Å². The summed E-state index contributed by atoms with van der Waals surface area (Å²) in [5.41, 5.74) is 5.30. The highest BCUT2D eigenvalue weighted by molar-refractivity contribution is 8.00. The number of hydrogen-bond acceptors (Lipinski definition) is 6. The highest BCUT2D eigenvalue weighted by Gasteiger charge is 2.38. The summed E-state index contributed by atoms with van der Waals surface area (Å²) in [7, 11) is 0. The van der Waals surface area contributed by atoms with E-state index in [0.717, 1.165) is 0 Å². The molecule has 0 saturated carbocycles. The number of thioether (sulfide) groups is 1. The molecule has 4 amide bonds. The Hall–Kier alpha value is -1.61. The molecule has 1 rings (SSSR count). The van der Waals surface area contributed by atoms with Crippen molar-refractivity contribution in [2.24, 2.45) is 5.73 Å². The van der Waals surface area contributed by atoms with Gasteiger partial charge >= 0.3 is 0 Å². The van der Waals surface area contributed by atoms with Crippen LogP contribution in [-0.4, -0.2) is 65.3 Å². The zero-order chi connectivity index (χ0) is 18.1. The quantitative estimate of drug-likeness (QED) is 0.385. The van der Waals surface area contributed by atoms with Gasteiger partial charge in [0.25, 0.3) is 0 Å². The van der Waals surface area contributed by atoms with Crippen LogP contribution >= 0.6 is 11.8 Å². The molecule has 0 aromatic heterocycles. The number of nitrogens with zero attached hydrogens (tertiary/aromatic N) is 1. The lowest BCUT2D eigenvalue weighted by atomic mass is 10.3.